The highest BCUT2D eigenvalue weighted by Crippen LogP contribution is 2.23. The number of anilines is 1. The molecule has 2 aromatic rings. The molecule has 102 valence electrons. The lowest BCUT2D eigenvalue weighted by Crippen LogP contribution is -2.48. The molecule has 6 heteroatoms. The molecule has 2 N–H and O–H groups in total. The minimum atomic E-state index is 0. The molecular weight excluding hydrogens is 282 g/mol. The molecule has 0 bridgehead atoms. The second kappa shape index (κ2) is 5.86. The van der Waals surface area contributed by atoms with Gasteiger partial charge in [0.15, 0.2) is 0 Å². The van der Waals surface area contributed by atoms with Crippen LogP contribution in [0.4, 0.5) is 5.69 Å². The van der Waals surface area contributed by atoms with Crippen LogP contribution in [0.2, 0.25) is 0 Å². The van der Waals surface area contributed by atoms with Crippen molar-refractivity contribution in [3.05, 3.63) is 23.7 Å². The Labute approximate surface area is 122 Å². The topological polar surface area (TPSA) is 54.0 Å². The number of halogens is 1. The van der Waals surface area contributed by atoms with E-state index in [0.717, 1.165) is 29.0 Å². The third kappa shape index (κ3) is 2.88. The van der Waals surface area contributed by atoms with Gasteiger partial charge >= 0.3 is 0 Å². The summed E-state index contributed by atoms with van der Waals surface area (Å²) in [5, 5.41) is 6.16. The SMILES string of the molecule is CC(C(=O)Nc1ccc2scnc2c1)C1CNC1.Cl. The Morgan fingerprint density at radius 3 is 3.00 bits per heavy atom. The lowest BCUT2D eigenvalue weighted by atomic mass is 9.88. The summed E-state index contributed by atoms with van der Waals surface area (Å²) in [6.45, 7) is 3.88. The first kappa shape index (κ1) is 14.2. The molecule has 0 aliphatic carbocycles. The Hall–Kier alpha value is -1.17. The number of hydrogen-bond acceptors (Lipinski definition) is 4. The van der Waals surface area contributed by atoms with Crippen molar-refractivity contribution in [2.75, 3.05) is 18.4 Å². The van der Waals surface area contributed by atoms with E-state index in [1.165, 1.54) is 0 Å². The third-order valence-electron chi connectivity index (χ3n) is 3.53. The fourth-order valence-corrected chi connectivity index (χ4v) is 2.73. The normalized spacial score (nSPS) is 16.5. The molecule has 1 saturated heterocycles. The Balaban J connectivity index is 0.00000133. The summed E-state index contributed by atoms with van der Waals surface area (Å²) < 4.78 is 1.14. The summed E-state index contributed by atoms with van der Waals surface area (Å²) in [5.41, 5.74) is 3.59. The Morgan fingerprint density at radius 1 is 1.53 bits per heavy atom. The number of aromatic nitrogens is 1. The van der Waals surface area contributed by atoms with Gasteiger partial charge in [-0.25, -0.2) is 4.98 Å². The van der Waals surface area contributed by atoms with Gasteiger partial charge in [0.2, 0.25) is 5.91 Å². The highest BCUT2D eigenvalue weighted by molar-refractivity contribution is 7.16. The van der Waals surface area contributed by atoms with Gasteiger partial charge in [0.05, 0.1) is 15.7 Å². The second-order valence-corrected chi connectivity index (χ2v) is 5.62. The summed E-state index contributed by atoms with van der Waals surface area (Å²) in [6.07, 6.45) is 0. The number of thiazole rings is 1. The molecule has 1 aromatic carbocycles. The second-order valence-electron chi connectivity index (χ2n) is 4.73. The molecule has 3 rings (SSSR count). The maximum Gasteiger partial charge on any atom is 0.227 e. The van der Waals surface area contributed by atoms with E-state index in [4.69, 9.17) is 0 Å². The van der Waals surface area contributed by atoms with Crippen molar-refractivity contribution < 1.29 is 4.79 Å². The van der Waals surface area contributed by atoms with Crippen molar-refractivity contribution >= 4 is 45.6 Å². The third-order valence-corrected chi connectivity index (χ3v) is 4.34. The Morgan fingerprint density at radius 2 is 2.32 bits per heavy atom. The average Bonchev–Trinajstić information content (AvgIpc) is 2.73. The van der Waals surface area contributed by atoms with E-state index in [-0.39, 0.29) is 24.2 Å². The van der Waals surface area contributed by atoms with Crippen LogP contribution in [0.1, 0.15) is 6.92 Å². The minimum Gasteiger partial charge on any atom is -0.326 e. The van der Waals surface area contributed by atoms with Crippen molar-refractivity contribution in [3.8, 4) is 0 Å². The van der Waals surface area contributed by atoms with Crippen molar-refractivity contribution in [1.82, 2.24) is 10.3 Å². The number of benzene rings is 1. The Kier molecular flexibility index (Phi) is 4.39. The van der Waals surface area contributed by atoms with Gasteiger partial charge in [-0.1, -0.05) is 6.92 Å². The zero-order valence-corrected chi connectivity index (χ0v) is 12.2. The van der Waals surface area contributed by atoms with E-state index >= 15 is 0 Å². The van der Waals surface area contributed by atoms with E-state index < -0.39 is 0 Å². The van der Waals surface area contributed by atoms with Crippen molar-refractivity contribution in [2.45, 2.75) is 6.92 Å². The van der Waals surface area contributed by atoms with Crippen LogP contribution in [0.5, 0.6) is 0 Å². The van der Waals surface area contributed by atoms with Crippen molar-refractivity contribution in [1.29, 1.82) is 0 Å². The van der Waals surface area contributed by atoms with E-state index in [1.54, 1.807) is 11.3 Å². The number of amides is 1. The lowest BCUT2D eigenvalue weighted by molar-refractivity contribution is -0.121. The summed E-state index contributed by atoms with van der Waals surface area (Å²) >= 11 is 1.61. The largest absolute Gasteiger partial charge is 0.326 e. The molecular formula is C13H16ClN3OS. The van der Waals surface area contributed by atoms with E-state index in [9.17, 15) is 4.79 Å². The molecule has 1 aliphatic heterocycles. The molecule has 1 amide bonds. The van der Waals surface area contributed by atoms with Crippen LogP contribution in [0.25, 0.3) is 10.2 Å². The molecule has 1 aromatic heterocycles. The van der Waals surface area contributed by atoms with Gasteiger partial charge in [-0.2, -0.15) is 0 Å². The first-order valence-corrected chi connectivity index (χ1v) is 6.97. The van der Waals surface area contributed by atoms with Gasteiger partial charge in [0, 0.05) is 11.6 Å². The monoisotopic (exact) mass is 297 g/mol. The summed E-state index contributed by atoms with van der Waals surface area (Å²) in [5.74, 6) is 0.612. The Bertz CT molecular complexity index is 582. The number of rotatable bonds is 3. The number of nitrogens with one attached hydrogen (secondary N) is 2. The number of carbonyl (C=O) groups is 1. The smallest absolute Gasteiger partial charge is 0.227 e. The standard InChI is InChI=1S/C13H15N3OS.ClH/c1-8(9-5-14-6-9)13(17)16-10-2-3-12-11(4-10)15-7-18-12;/h2-4,7-9,14H,5-6H2,1H3,(H,16,17);1H. The molecule has 1 unspecified atom stereocenters. The maximum atomic E-state index is 12.1. The lowest BCUT2D eigenvalue weighted by Gasteiger charge is -2.31. The zero-order chi connectivity index (χ0) is 12.5. The first-order valence-electron chi connectivity index (χ1n) is 6.09. The number of fused-ring (bicyclic) bond motifs is 1. The number of nitrogens with zero attached hydrogens (tertiary/aromatic N) is 1. The van der Waals surface area contributed by atoms with Crippen LogP contribution < -0.4 is 10.6 Å². The average molecular weight is 298 g/mol. The van der Waals surface area contributed by atoms with Crippen LogP contribution >= 0.6 is 23.7 Å². The molecule has 1 atom stereocenters. The summed E-state index contributed by atoms with van der Waals surface area (Å²) in [6, 6.07) is 5.86. The summed E-state index contributed by atoms with van der Waals surface area (Å²) in [4.78, 5) is 16.3. The predicted octanol–water partition coefficient (Wildman–Crippen LogP) is 2.51. The van der Waals surface area contributed by atoms with Crippen LogP contribution in [0.3, 0.4) is 0 Å². The van der Waals surface area contributed by atoms with Gasteiger partial charge in [-0.05, 0) is 37.2 Å². The van der Waals surface area contributed by atoms with E-state index in [1.807, 2.05) is 30.6 Å². The molecule has 1 aliphatic rings. The molecule has 4 nitrogen and oxygen atoms in total. The minimum absolute atomic E-state index is 0. The number of carbonyl (C=O) groups excluding carboxylic acids is 1. The first-order chi connectivity index (χ1) is 8.74. The molecule has 0 spiro atoms. The molecule has 1 fully saturated rings. The van der Waals surface area contributed by atoms with Gasteiger partial charge in [-0.3, -0.25) is 4.79 Å². The molecule has 19 heavy (non-hydrogen) atoms. The molecule has 0 saturated carbocycles. The van der Waals surface area contributed by atoms with Crippen LogP contribution in [-0.4, -0.2) is 24.0 Å². The fraction of sp³-hybridized carbons (Fsp3) is 0.385. The zero-order valence-electron chi connectivity index (χ0n) is 10.6. The van der Waals surface area contributed by atoms with Crippen molar-refractivity contribution in [2.24, 2.45) is 11.8 Å². The van der Waals surface area contributed by atoms with Crippen LogP contribution in [0, 0.1) is 11.8 Å². The van der Waals surface area contributed by atoms with Crippen LogP contribution in [0.15, 0.2) is 23.7 Å². The van der Waals surface area contributed by atoms with Gasteiger partial charge in [-0.15, -0.1) is 23.7 Å². The fourth-order valence-electron chi connectivity index (χ4n) is 2.07. The summed E-state index contributed by atoms with van der Waals surface area (Å²) in [7, 11) is 0. The van der Waals surface area contributed by atoms with Gasteiger partial charge < -0.3 is 10.6 Å². The highest BCUT2D eigenvalue weighted by Gasteiger charge is 2.28. The van der Waals surface area contributed by atoms with Crippen LogP contribution in [-0.2, 0) is 4.79 Å². The van der Waals surface area contributed by atoms with E-state index in [0.29, 0.717) is 5.92 Å². The highest BCUT2D eigenvalue weighted by atomic mass is 35.5. The maximum absolute atomic E-state index is 12.1. The molecule has 2 heterocycles. The molecule has 0 radical (unpaired) electrons. The van der Waals surface area contributed by atoms with E-state index in [2.05, 4.69) is 15.6 Å². The van der Waals surface area contributed by atoms with Crippen molar-refractivity contribution in [3.63, 3.8) is 0 Å². The van der Waals surface area contributed by atoms with Gasteiger partial charge in [0.1, 0.15) is 0 Å². The van der Waals surface area contributed by atoms with Gasteiger partial charge in [0.25, 0.3) is 0 Å². The predicted molar refractivity (Wildman–Crippen MR) is 81.0 cm³/mol. The number of hydrogen-bond donors (Lipinski definition) is 2. The quantitative estimate of drug-likeness (QED) is 0.915.